The Kier molecular flexibility index (Phi) is 6.94. The topological polar surface area (TPSA) is 44.8 Å². The van der Waals surface area contributed by atoms with Gasteiger partial charge in [0.1, 0.15) is 5.75 Å². The summed E-state index contributed by atoms with van der Waals surface area (Å²) >= 11 is 18.1. The summed E-state index contributed by atoms with van der Waals surface area (Å²) in [6, 6.07) is 10.8. The number of carbonyl (C=O) groups is 1. The predicted octanol–water partition coefficient (Wildman–Crippen LogP) is 4.80. The van der Waals surface area contributed by atoms with Gasteiger partial charge in [-0.3, -0.25) is 9.69 Å². The van der Waals surface area contributed by atoms with Crippen molar-refractivity contribution in [1.29, 1.82) is 0 Å². The van der Waals surface area contributed by atoms with E-state index in [1.807, 2.05) is 25.1 Å². The number of nitrogens with one attached hydrogen (secondary N) is 1. The quantitative estimate of drug-likeness (QED) is 0.675. The third-order valence-corrected chi connectivity index (χ3v) is 5.97. The van der Waals surface area contributed by atoms with Gasteiger partial charge < -0.3 is 15.0 Å². The molecule has 1 aliphatic rings. The molecular weight excluding hydrogens is 421 g/mol. The van der Waals surface area contributed by atoms with E-state index in [9.17, 15) is 4.79 Å². The number of carbonyl (C=O) groups excluding carboxylic acids is 1. The number of piperazine rings is 1. The fourth-order valence-corrected chi connectivity index (χ4v) is 3.86. The van der Waals surface area contributed by atoms with E-state index in [-0.39, 0.29) is 11.9 Å². The zero-order valence-electron chi connectivity index (χ0n) is 15.7. The summed E-state index contributed by atoms with van der Waals surface area (Å²) in [5.74, 6) is 0.724. The molecule has 0 aliphatic carbocycles. The van der Waals surface area contributed by atoms with E-state index in [0.29, 0.717) is 20.8 Å². The van der Waals surface area contributed by atoms with E-state index in [1.54, 1.807) is 13.2 Å². The maximum absolute atomic E-state index is 12.7. The first-order valence-electron chi connectivity index (χ1n) is 8.98. The minimum absolute atomic E-state index is 0.133. The van der Waals surface area contributed by atoms with Crippen LogP contribution in [0, 0.1) is 0 Å². The van der Waals surface area contributed by atoms with Gasteiger partial charge in [0.05, 0.1) is 39.6 Å². The third kappa shape index (κ3) is 4.66. The standard InChI is InChI=1S/C20H22Cl3N3O2/c1-13(20(27)24-17-12-15(22)14(21)11-16(17)23)25-7-9-26(10-8-25)18-5-3-4-6-19(18)28-2/h3-6,11-13H,7-10H2,1-2H3,(H,24,27)/t13-/m1/s1. The molecule has 0 unspecified atom stereocenters. The third-order valence-electron chi connectivity index (χ3n) is 4.94. The molecule has 3 rings (SSSR count). The highest BCUT2D eigenvalue weighted by Crippen LogP contribution is 2.32. The number of hydrogen-bond acceptors (Lipinski definition) is 4. The first kappa shape index (κ1) is 21.1. The molecule has 1 fully saturated rings. The smallest absolute Gasteiger partial charge is 0.241 e. The van der Waals surface area contributed by atoms with Gasteiger partial charge in [0.2, 0.25) is 5.91 Å². The van der Waals surface area contributed by atoms with Gasteiger partial charge in [0.15, 0.2) is 0 Å². The molecule has 1 N–H and O–H groups in total. The molecule has 8 heteroatoms. The highest BCUT2D eigenvalue weighted by Gasteiger charge is 2.27. The van der Waals surface area contributed by atoms with Crippen LogP contribution in [0.2, 0.25) is 15.1 Å². The highest BCUT2D eigenvalue weighted by atomic mass is 35.5. The first-order chi connectivity index (χ1) is 13.4. The number of rotatable bonds is 5. The summed E-state index contributed by atoms with van der Waals surface area (Å²) in [6.45, 7) is 5.04. The predicted molar refractivity (Wildman–Crippen MR) is 116 cm³/mol. The molecule has 5 nitrogen and oxygen atoms in total. The van der Waals surface area contributed by atoms with Gasteiger partial charge in [-0.05, 0) is 31.2 Å². The first-order valence-corrected chi connectivity index (χ1v) is 10.1. The van der Waals surface area contributed by atoms with Crippen LogP contribution >= 0.6 is 34.8 Å². The maximum Gasteiger partial charge on any atom is 0.241 e. The van der Waals surface area contributed by atoms with Crippen molar-refractivity contribution in [2.24, 2.45) is 0 Å². The fraction of sp³-hybridized carbons (Fsp3) is 0.350. The summed E-state index contributed by atoms with van der Waals surface area (Å²) in [6.07, 6.45) is 0. The van der Waals surface area contributed by atoms with E-state index in [2.05, 4.69) is 21.2 Å². The van der Waals surface area contributed by atoms with E-state index < -0.39 is 0 Å². The number of benzene rings is 2. The lowest BCUT2D eigenvalue weighted by Crippen LogP contribution is -2.52. The lowest BCUT2D eigenvalue weighted by molar-refractivity contribution is -0.120. The molecular formula is C20H22Cl3N3O2. The Labute approximate surface area is 180 Å². The average molecular weight is 443 g/mol. The van der Waals surface area contributed by atoms with Crippen molar-refractivity contribution in [3.8, 4) is 5.75 Å². The number of amides is 1. The number of anilines is 2. The Hall–Kier alpha value is -1.66. The van der Waals surface area contributed by atoms with Gasteiger partial charge in [0, 0.05) is 26.2 Å². The van der Waals surface area contributed by atoms with Gasteiger partial charge in [0.25, 0.3) is 0 Å². The summed E-state index contributed by atoms with van der Waals surface area (Å²) < 4.78 is 5.45. The van der Waals surface area contributed by atoms with Crippen molar-refractivity contribution in [2.75, 3.05) is 43.5 Å². The van der Waals surface area contributed by atoms with E-state index in [0.717, 1.165) is 37.6 Å². The van der Waals surface area contributed by atoms with Crippen LogP contribution in [0.5, 0.6) is 5.75 Å². The minimum Gasteiger partial charge on any atom is -0.495 e. The molecule has 28 heavy (non-hydrogen) atoms. The van der Waals surface area contributed by atoms with Crippen molar-refractivity contribution in [2.45, 2.75) is 13.0 Å². The van der Waals surface area contributed by atoms with Crippen molar-refractivity contribution in [3.05, 3.63) is 51.5 Å². The van der Waals surface area contributed by atoms with E-state index >= 15 is 0 Å². The van der Waals surface area contributed by atoms with Crippen LogP contribution in [0.3, 0.4) is 0 Å². The molecule has 0 bridgehead atoms. The Morgan fingerprint density at radius 2 is 1.68 bits per heavy atom. The van der Waals surface area contributed by atoms with Crippen LogP contribution in [0.4, 0.5) is 11.4 Å². The SMILES string of the molecule is COc1ccccc1N1CCN([C@H](C)C(=O)Nc2cc(Cl)c(Cl)cc2Cl)CC1. The normalized spacial score (nSPS) is 16.0. The minimum atomic E-state index is -0.301. The lowest BCUT2D eigenvalue weighted by atomic mass is 10.2. The zero-order valence-corrected chi connectivity index (χ0v) is 18.0. The molecule has 1 heterocycles. The fourth-order valence-electron chi connectivity index (χ4n) is 3.26. The van der Waals surface area contributed by atoms with Gasteiger partial charge in [-0.1, -0.05) is 46.9 Å². The number of halogens is 3. The average Bonchev–Trinajstić information content (AvgIpc) is 2.71. The lowest BCUT2D eigenvalue weighted by Gasteiger charge is -2.38. The van der Waals surface area contributed by atoms with Crippen molar-refractivity contribution in [3.63, 3.8) is 0 Å². The van der Waals surface area contributed by atoms with Crippen LogP contribution in [-0.4, -0.2) is 50.1 Å². The van der Waals surface area contributed by atoms with E-state index in [1.165, 1.54) is 6.07 Å². The van der Waals surface area contributed by atoms with Gasteiger partial charge in [-0.2, -0.15) is 0 Å². The number of nitrogens with zero attached hydrogens (tertiary/aromatic N) is 2. The second-order valence-corrected chi connectivity index (χ2v) is 7.83. The molecule has 0 aromatic heterocycles. The molecule has 150 valence electrons. The van der Waals surface area contributed by atoms with E-state index in [4.69, 9.17) is 39.5 Å². The molecule has 2 aromatic rings. The maximum atomic E-state index is 12.7. The number of ether oxygens (including phenoxy) is 1. The number of para-hydroxylation sites is 2. The molecule has 0 saturated carbocycles. The highest BCUT2D eigenvalue weighted by molar-refractivity contribution is 6.44. The number of methoxy groups -OCH3 is 1. The second kappa shape index (κ2) is 9.23. The molecule has 1 saturated heterocycles. The van der Waals surface area contributed by atoms with Gasteiger partial charge in [-0.15, -0.1) is 0 Å². The summed E-state index contributed by atoms with van der Waals surface area (Å²) in [5, 5.41) is 3.90. The Morgan fingerprint density at radius 3 is 2.36 bits per heavy atom. The van der Waals surface area contributed by atoms with Gasteiger partial charge in [-0.25, -0.2) is 0 Å². The van der Waals surface area contributed by atoms with Crippen LogP contribution in [0.1, 0.15) is 6.92 Å². The van der Waals surface area contributed by atoms with Crippen LogP contribution in [-0.2, 0) is 4.79 Å². The van der Waals surface area contributed by atoms with Crippen LogP contribution in [0.25, 0.3) is 0 Å². The summed E-state index contributed by atoms with van der Waals surface area (Å²) in [7, 11) is 1.68. The van der Waals surface area contributed by atoms with Crippen molar-refractivity contribution >= 4 is 52.1 Å². The monoisotopic (exact) mass is 441 g/mol. The summed E-state index contributed by atoms with van der Waals surface area (Å²) in [5.41, 5.74) is 1.53. The zero-order chi connectivity index (χ0) is 20.3. The molecule has 1 atom stereocenters. The number of hydrogen-bond donors (Lipinski definition) is 1. The molecule has 2 aromatic carbocycles. The molecule has 0 radical (unpaired) electrons. The largest absolute Gasteiger partial charge is 0.495 e. The van der Waals surface area contributed by atoms with Crippen LogP contribution < -0.4 is 15.0 Å². The molecule has 1 amide bonds. The van der Waals surface area contributed by atoms with Crippen molar-refractivity contribution in [1.82, 2.24) is 4.90 Å². The second-order valence-electron chi connectivity index (χ2n) is 6.61. The summed E-state index contributed by atoms with van der Waals surface area (Å²) in [4.78, 5) is 17.1. The Bertz CT molecular complexity index is 855. The Morgan fingerprint density at radius 1 is 1.04 bits per heavy atom. The van der Waals surface area contributed by atoms with Crippen molar-refractivity contribution < 1.29 is 9.53 Å². The van der Waals surface area contributed by atoms with Crippen LogP contribution in [0.15, 0.2) is 36.4 Å². The Balaban J connectivity index is 1.61. The molecule has 1 aliphatic heterocycles. The molecule has 0 spiro atoms. The van der Waals surface area contributed by atoms with Gasteiger partial charge >= 0.3 is 0 Å².